The molecule has 0 radical (unpaired) electrons. The van der Waals surface area contributed by atoms with E-state index in [-0.39, 0.29) is 24.0 Å². The summed E-state index contributed by atoms with van der Waals surface area (Å²) in [4.78, 5) is 5.57. The van der Waals surface area contributed by atoms with Crippen molar-refractivity contribution < 1.29 is 0 Å². The molecule has 2 N–H and O–H groups in total. The molecule has 1 heterocycles. The summed E-state index contributed by atoms with van der Waals surface area (Å²) in [5, 5.41) is 8.79. The Morgan fingerprint density at radius 3 is 2.64 bits per heavy atom. The molecule has 0 amide bonds. The van der Waals surface area contributed by atoms with Gasteiger partial charge in [-0.15, -0.1) is 35.3 Å². The van der Waals surface area contributed by atoms with Crippen LogP contribution in [0.5, 0.6) is 0 Å². The molecule has 2 rings (SSSR count). The minimum Gasteiger partial charge on any atom is -0.356 e. The number of rotatable bonds is 5. The van der Waals surface area contributed by atoms with Gasteiger partial charge >= 0.3 is 0 Å². The third-order valence-electron chi connectivity index (χ3n) is 3.42. The first-order chi connectivity index (χ1) is 10.2. The molecule has 0 aliphatic heterocycles. The van der Waals surface area contributed by atoms with Gasteiger partial charge in [0.25, 0.3) is 0 Å². The van der Waals surface area contributed by atoms with Gasteiger partial charge in [0.05, 0.1) is 6.54 Å². The summed E-state index contributed by atoms with van der Waals surface area (Å²) in [7, 11) is 1.81. The van der Waals surface area contributed by atoms with Crippen LogP contribution in [-0.2, 0) is 13.0 Å². The molecule has 0 fully saturated rings. The molecule has 5 heteroatoms. The van der Waals surface area contributed by atoms with Crippen molar-refractivity contribution >= 4 is 41.3 Å². The number of halogens is 1. The SMILES string of the molecule is CN=C(NCCc1ccc(C)cc1C)NCc1cccs1.I. The van der Waals surface area contributed by atoms with Gasteiger partial charge in [0.2, 0.25) is 0 Å². The fourth-order valence-corrected chi connectivity index (χ4v) is 2.89. The molecule has 0 unspecified atom stereocenters. The van der Waals surface area contributed by atoms with Crippen LogP contribution < -0.4 is 10.6 Å². The molecule has 0 saturated carbocycles. The van der Waals surface area contributed by atoms with Gasteiger partial charge in [0.15, 0.2) is 5.96 Å². The summed E-state index contributed by atoms with van der Waals surface area (Å²) < 4.78 is 0. The van der Waals surface area contributed by atoms with Gasteiger partial charge in [-0.1, -0.05) is 29.8 Å². The zero-order valence-corrected chi connectivity index (χ0v) is 16.5. The smallest absolute Gasteiger partial charge is 0.191 e. The summed E-state index contributed by atoms with van der Waals surface area (Å²) in [6.45, 7) is 6.01. The Hall–Kier alpha value is -1.08. The number of thiophene rings is 1. The number of aryl methyl sites for hydroxylation is 2. The molecular weight excluding hydrogens is 405 g/mol. The second kappa shape index (κ2) is 9.84. The van der Waals surface area contributed by atoms with Crippen molar-refractivity contribution in [2.45, 2.75) is 26.8 Å². The molecule has 0 bridgehead atoms. The maximum Gasteiger partial charge on any atom is 0.191 e. The van der Waals surface area contributed by atoms with Crippen LogP contribution >= 0.6 is 35.3 Å². The van der Waals surface area contributed by atoms with Crippen molar-refractivity contribution in [2.75, 3.05) is 13.6 Å². The first kappa shape index (κ1) is 19.0. The van der Waals surface area contributed by atoms with Crippen LogP contribution in [0, 0.1) is 13.8 Å². The number of guanidine groups is 1. The maximum absolute atomic E-state index is 4.25. The van der Waals surface area contributed by atoms with E-state index in [4.69, 9.17) is 0 Å². The third kappa shape index (κ3) is 5.96. The van der Waals surface area contributed by atoms with Crippen molar-refractivity contribution in [3.05, 3.63) is 57.3 Å². The monoisotopic (exact) mass is 429 g/mol. The molecule has 0 atom stereocenters. The van der Waals surface area contributed by atoms with E-state index in [0.717, 1.165) is 25.5 Å². The molecule has 22 heavy (non-hydrogen) atoms. The number of benzene rings is 1. The lowest BCUT2D eigenvalue weighted by Gasteiger charge is -2.12. The molecule has 0 aliphatic rings. The molecule has 2 aromatic rings. The molecule has 0 aliphatic carbocycles. The molecule has 0 spiro atoms. The number of hydrogen-bond donors (Lipinski definition) is 2. The average Bonchev–Trinajstić information content (AvgIpc) is 2.98. The van der Waals surface area contributed by atoms with E-state index < -0.39 is 0 Å². The molecule has 0 saturated heterocycles. The van der Waals surface area contributed by atoms with E-state index in [2.05, 4.69) is 65.2 Å². The van der Waals surface area contributed by atoms with Crippen LogP contribution in [0.25, 0.3) is 0 Å². The highest BCUT2D eigenvalue weighted by Gasteiger charge is 2.01. The third-order valence-corrected chi connectivity index (χ3v) is 4.30. The summed E-state index contributed by atoms with van der Waals surface area (Å²) >= 11 is 1.75. The van der Waals surface area contributed by atoms with Crippen molar-refractivity contribution in [1.82, 2.24) is 10.6 Å². The quantitative estimate of drug-likeness (QED) is 0.430. The Kier molecular flexibility index (Phi) is 8.48. The molecule has 1 aromatic heterocycles. The Morgan fingerprint density at radius 1 is 1.18 bits per heavy atom. The van der Waals surface area contributed by atoms with Crippen LogP contribution in [0.2, 0.25) is 0 Å². The largest absolute Gasteiger partial charge is 0.356 e. The normalized spacial score (nSPS) is 11.0. The van der Waals surface area contributed by atoms with Gasteiger partial charge in [-0.2, -0.15) is 0 Å². The Morgan fingerprint density at radius 2 is 2.00 bits per heavy atom. The summed E-state index contributed by atoms with van der Waals surface area (Å²) in [6.07, 6.45) is 1.01. The summed E-state index contributed by atoms with van der Waals surface area (Å²) in [5.74, 6) is 0.855. The van der Waals surface area contributed by atoms with Crippen molar-refractivity contribution in [3.8, 4) is 0 Å². The topological polar surface area (TPSA) is 36.4 Å². The maximum atomic E-state index is 4.25. The van der Waals surface area contributed by atoms with E-state index in [0.29, 0.717) is 0 Å². The lowest BCUT2D eigenvalue weighted by molar-refractivity contribution is 0.797. The van der Waals surface area contributed by atoms with Gasteiger partial charge in [0, 0.05) is 18.5 Å². The highest BCUT2D eigenvalue weighted by atomic mass is 127. The fourth-order valence-electron chi connectivity index (χ4n) is 2.25. The second-order valence-electron chi connectivity index (χ2n) is 5.11. The fraction of sp³-hybridized carbons (Fsp3) is 0.353. The number of hydrogen-bond acceptors (Lipinski definition) is 2. The first-order valence-electron chi connectivity index (χ1n) is 7.22. The zero-order chi connectivity index (χ0) is 15.1. The minimum atomic E-state index is 0. The standard InChI is InChI=1S/C17H23N3S.HI/c1-13-6-7-15(14(2)11-13)8-9-19-17(18-3)20-12-16-5-4-10-21-16;/h4-7,10-11H,8-9,12H2,1-3H3,(H2,18,19,20);1H. The van der Waals surface area contributed by atoms with Crippen LogP contribution in [0.3, 0.4) is 0 Å². The Labute approximate surface area is 154 Å². The highest BCUT2D eigenvalue weighted by molar-refractivity contribution is 14.0. The van der Waals surface area contributed by atoms with Crippen molar-refractivity contribution in [1.29, 1.82) is 0 Å². The van der Waals surface area contributed by atoms with Crippen molar-refractivity contribution in [2.24, 2.45) is 4.99 Å². The zero-order valence-electron chi connectivity index (χ0n) is 13.3. The van der Waals surface area contributed by atoms with Gasteiger partial charge < -0.3 is 10.6 Å². The van der Waals surface area contributed by atoms with Crippen LogP contribution in [-0.4, -0.2) is 19.6 Å². The van der Waals surface area contributed by atoms with E-state index >= 15 is 0 Å². The highest BCUT2D eigenvalue weighted by Crippen LogP contribution is 2.10. The van der Waals surface area contributed by atoms with E-state index in [1.54, 1.807) is 18.4 Å². The summed E-state index contributed by atoms with van der Waals surface area (Å²) in [6, 6.07) is 10.8. The van der Waals surface area contributed by atoms with E-state index in [1.807, 2.05) is 0 Å². The Bertz CT molecular complexity index is 594. The van der Waals surface area contributed by atoms with Crippen molar-refractivity contribution in [3.63, 3.8) is 0 Å². The number of aliphatic imine (C=N–C) groups is 1. The number of nitrogens with zero attached hydrogens (tertiary/aromatic N) is 1. The van der Waals surface area contributed by atoms with Gasteiger partial charge in [0.1, 0.15) is 0 Å². The summed E-state index contributed by atoms with van der Waals surface area (Å²) in [5.41, 5.74) is 4.07. The molecule has 1 aromatic carbocycles. The van der Waals surface area contributed by atoms with Crippen LogP contribution in [0.1, 0.15) is 21.6 Å². The average molecular weight is 429 g/mol. The molecule has 3 nitrogen and oxygen atoms in total. The predicted molar refractivity (Wildman–Crippen MR) is 108 cm³/mol. The number of nitrogens with one attached hydrogen (secondary N) is 2. The Balaban J connectivity index is 0.00000242. The van der Waals surface area contributed by atoms with E-state index in [1.165, 1.54) is 21.6 Å². The van der Waals surface area contributed by atoms with Gasteiger partial charge in [-0.05, 0) is 42.8 Å². The van der Waals surface area contributed by atoms with E-state index in [9.17, 15) is 0 Å². The van der Waals surface area contributed by atoms with Gasteiger partial charge in [-0.25, -0.2) is 0 Å². The first-order valence-corrected chi connectivity index (χ1v) is 8.10. The molecular formula is C17H24IN3S. The lowest BCUT2D eigenvalue weighted by Crippen LogP contribution is -2.37. The van der Waals surface area contributed by atoms with Crippen LogP contribution in [0.15, 0.2) is 40.7 Å². The lowest BCUT2D eigenvalue weighted by atomic mass is 10.0. The van der Waals surface area contributed by atoms with Crippen LogP contribution in [0.4, 0.5) is 0 Å². The second-order valence-corrected chi connectivity index (χ2v) is 6.14. The predicted octanol–water partition coefficient (Wildman–Crippen LogP) is 3.89. The minimum absolute atomic E-state index is 0. The van der Waals surface area contributed by atoms with Gasteiger partial charge in [-0.3, -0.25) is 4.99 Å². The molecule has 120 valence electrons.